The van der Waals surface area contributed by atoms with Crippen LogP contribution in [-0.4, -0.2) is 58.6 Å². The van der Waals surface area contributed by atoms with Crippen molar-refractivity contribution >= 4 is 23.5 Å². The summed E-state index contributed by atoms with van der Waals surface area (Å²) in [5.41, 5.74) is 0.382. The number of carbonyl (C=O) groups excluding carboxylic acids is 2. The second kappa shape index (κ2) is 5.60. The molecule has 20 heavy (non-hydrogen) atoms. The van der Waals surface area contributed by atoms with E-state index >= 15 is 0 Å². The number of hydrogen-bond donors (Lipinski definition) is 1. The average Bonchev–Trinajstić information content (AvgIpc) is 2.40. The van der Waals surface area contributed by atoms with Crippen molar-refractivity contribution in [2.24, 2.45) is 16.9 Å². The summed E-state index contributed by atoms with van der Waals surface area (Å²) < 4.78 is 0. The van der Waals surface area contributed by atoms with Gasteiger partial charge in [0.05, 0.1) is 5.92 Å². The zero-order valence-corrected chi connectivity index (χ0v) is 11.7. The Morgan fingerprint density at radius 2 is 2.05 bits per heavy atom. The van der Waals surface area contributed by atoms with Crippen LogP contribution in [-0.2, 0) is 14.4 Å². The summed E-state index contributed by atoms with van der Waals surface area (Å²) in [5, 5.41) is 14.3. The number of rotatable bonds is 2. The Kier molecular flexibility index (Phi) is 4.06. The van der Waals surface area contributed by atoms with Crippen LogP contribution in [0, 0.1) is 11.8 Å². The Hall–Kier alpha value is -1.92. The number of hydrogen-bond acceptors (Lipinski definition) is 4. The summed E-state index contributed by atoms with van der Waals surface area (Å²) in [6.07, 6.45) is 1.11. The maximum Gasteiger partial charge on any atom is 0.306 e. The van der Waals surface area contributed by atoms with Gasteiger partial charge in [-0.1, -0.05) is 6.92 Å². The van der Waals surface area contributed by atoms with E-state index < -0.39 is 11.9 Å². The van der Waals surface area contributed by atoms with Crippen molar-refractivity contribution in [1.82, 2.24) is 9.91 Å². The van der Waals surface area contributed by atoms with E-state index in [1.165, 1.54) is 12.1 Å². The van der Waals surface area contributed by atoms with Crippen LogP contribution in [0.4, 0.5) is 0 Å². The summed E-state index contributed by atoms with van der Waals surface area (Å²) in [4.78, 5) is 36.4. The molecule has 7 nitrogen and oxygen atoms in total. The molecule has 2 aliphatic rings. The molecule has 0 unspecified atom stereocenters. The number of likely N-dealkylation sites (tertiary alicyclic amines) is 1. The highest BCUT2D eigenvalue weighted by Crippen LogP contribution is 2.24. The van der Waals surface area contributed by atoms with Crippen LogP contribution in [0.3, 0.4) is 0 Å². The van der Waals surface area contributed by atoms with Gasteiger partial charge in [-0.25, -0.2) is 5.01 Å². The van der Waals surface area contributed by atoms with E-state index in [0.29, 0.717) is 38.1 Å². The van der Waals surface area contributed by atoms with Gasteiger partial charge in [-0.3, -0.25) is 14.4 Å². The summed E-state index contributed by atoms with van der Waals surface area (Å²) >= 11 is 0. The summed E-state index contributed by atoms with van der Waals surface area (Å²) in [6.45, 7) is 2.69. The van der Waals surface area contributed by atoms with Gasteiger partial charge >= 0.3 is 5.97 Å². The fourth-order valence-corrected chi connectivity index (χ4v) is 2.70. The monoisotopic (exact) mass is 281 g/mol. The molecule has 2 heterocycles. The Morgan fingerprint density at radius 3 is 2.60 bits per heavy atom. The van der Waals surface area contributed by atoms with Gasteiger partial charge in [0.1, 0.15) is 5.71 Å². The van der Waals surface area contributed by atoms with Gasteiger partial charge < -0.3 is 10.0 Å². The van der Waals surface area contributed by atoms with Crippen molar-refractivity contribution in [2.75, 3.05) is 20.1 Å². The Labute approximate surface area is 117 Å². The third kappa shape index (κ3) is 2.81. The minimum absolute atomic E-state index is 0.0752. The molecule has 0 aromatic heterocycles. The van der Waals surface area contributed by atoms with E-state index in [4.69, 9.17) is 5.11 Å². The van der Waals surface area contributed by atoms with E-state index in [9.17, 15) is 14.4 Å². The number of piperidine rings is 1. The zero-order valence-electron chi connectivity index (χ0n) is 11.7. The number of hydrazone groups is 1. The molecule has 2 aliphatic heterocycles. The van der Waals surface area contributed by atoms with Gasteiger partial charge in [0.15, 0.2) is 0 Å². The van der Waals surface area contributed by atoms with Crippen LogP contribution in [0.5, 0.6) is 0 Å². The Morgan fingerprint density at radius 1 is 1.35 bits per heavy atom. The summed E-state index contributed by atoms with van der Waals surface area (Å²) in [7, 11) is 1.54. The zero-order chi connectivity index (χ0) is 14.9. The lowest BCUT2D eigenvalue weighted by molar-refractivity contribution is -0.147. The highest BCUT2D eigenvalue weighted by atomic mass is 16.4. The van der Waals surface area contributed by atoms with Crippen molar-refractivity contribution in [1.29, 1.82) is 0 Å². The fraction of sp³-hybridized carbons (Fsp3) is 0.692. The summed E-state index contributed by atoms with van der Waals surface area (Å²) in [5.74, 6) is -1.55. The van der Waals surface area contributed by atoms with Crippen LogP contribution in [0.15, 0.2) is 5.10 Å². The molecule has 1 N–H and O–H groups in total. The van der Waals surface area contributed by atoms with Crippen molar-refractivity contribution in [3.8, 4) is 0 Å². The molecule has 1 fully saturated rings. The van der Waals surface area contributed by atoms with E-state index in [1.807, 2.05) is 6.92 Å². The first-order valence-electron chi connectivity index (χ1n) is 6.76. The van der Waals surface area contributed by atoms with Crippen LogP contribution in [0.1, 0.15) is 26.2 Å². The number of aliphatic carboxylic acids is 1. The number of carboxylic acid groups (broad SMARTS) is 1. The molecule has 2 atom stereocenters. The number of carbonyl (C=O) groups is 3. The molecular formula is C13H19N3O4. The largest absolute Gasteiger partial charge is 0.481 e. The molecule has 0 radical (unpaired) electrons. The third-order valence-corrected chi connectivity index (χ3v) is 3.96. The topological polar surface area (TPSA) is 90.3 Å². The minimum Gasteiger partial charge on any atom is -0.481 e. The lowest BCUT2D eigenvalue weighted by Gasteiger charge is -2.35. The van der Waals surface area contributed by atoms with Gasteiger partial charge in [-0.2, -0.15) is 5.10 Å². The van der Waals surface area contributed by atoms with E-state index in [1.54, 1.807) is 4.90 Å². The van der Waals surface area contributed by atoms with Crippen molar-refractivity contribution in [3.05, 3.63) is 0 Å². The molecule has 0 aromatic carbocycles. The SMILES string of the molecule is C[C@@H]1CN(C(=O)C2=NN(C)C(=O)CC2)CC[C@@H]1C(=O)O. The number of amides is 2. The maximum absolute atomic E-state index is 12.3. The van der Waals surface area contributed by atoms with Crippen LogP contribution in [0.25, 0.3) is 0 Å². The molecule has 0 spiro atoms. The molecule has 0 aliphatic carbocycles. The first kappa shape index (κ1) is 14.5. The normalized spacial score (nSPS) is 27.3. The highest BCUT2D eigenvalue weighted by Gasteiger charge is 2.35. The fourth-order valence-electron chi connectivity index (χ4n) is 2.70. The third-order valence-electron chi connectivity index (χ3n) is 3.96. The van der Waals surface area contributed by atoms with E-state index in [-0.39, 0.29) is 17.7 Å². The summed E-state index contributed by atoms with van der Waals surface area (Å²) in [6, 6.07) is 0. The van der Waals surface area contributed by atoms with Gasteiger partial charge in [0.25, 0.3) is 5.91 Å². The number of carboxylic acids is 1. The second-order valence-corrected chi connectivity index (χ2v) is 5.43. The smallest absolute Gasteiger partial charge is 0.306 e. The lowest BCUT2D eigenvalue weighted by Crippen LogP contribution is -2.48. The average molecular weight is 281 g/mol. The van der Waals surface area contributed by atoms with Crippen LogP contribution in [0.2, 0.25) is 0 Å². The van der Waals surface area contributed by atoms with Crippen LogP contribution < -0.4 is 0 Å². The standard InChI is InChI=1S/C13H19N3O4/c1-8-7-16(6-5-9(8)13(19)20)12(18)10-3-4-11(17)15(2)14-10/h8-9H,3-7H2,1-2H3,(H,19,20)/t8-,9+/m1/s1. The maximum atomic E-state index is 12.3. The first-order chi connectivity index (χ1) is 9.40. The Balaban J connectivity index is 2.03. The van der Waals surface area contributed by atoms with E-state index in [2.05, 4.69) is 5.10 Å². The van der Waals surface area contributed by atoms with Gasteiger partial charge in [0, 0.05) is 33.0 Å². The molecule has 2 amide bonds. The molecular weight excluding hydrogens is 262 g/mol. The van der Waals surface area contributed by atoms with E-state index in [0.717, 1.165) is 0 Å². The van der Waals surface area contributed by atoms with Gasteiger partial charge in [-0.15, -0.1) is 0 Å². The van der Waals surface area contributed by atoms with Crippen molar-refractivity contribution in [3.63, 3.8) is 0 Å². The quantitative estimate of drug-likeness (QED) is 0.781. The highest BCUT2D eigenvalue weighted by molar-refractivity contribution is 6.39. The predicted octanol–water partition coefficient (Wildman–Crippen LogP) is 0.164. The molecule has 110 valence electrons. The first-order valence-corrected chi connectivity index (χ1v) is 6.76. The van der Waals surface area contributed by atoms with Crippen molar-refractivity contribution < 1.29 is 19.5 Å². The predicted molar refractivity (Wildman–Crippen MR) is 70.9 cm³/mol. The number of nitrogens with zero attached hydrogens (tertiary/aromatic N) is 3. The van der Waals surface area contributed by atoms with Crippen molar-refractivity contribution in [2.45, 2.75) is 26.2 Å². The molecule has 0 bridgehead atoms. The minimum atomic E-state index is -0.801. The van der Waals surface area contributed by atoms with Gasteiger partial charge in [-0.05, 0) is 12.3 Å². The molecule has 2 rings (SSSR count). The van der Waals surface area contributed by atoms with Crippen LogP contribution >= 0.6 is 0 Å². The second-order valence-electron chi connectivity index (χ2n) is 5.43. The molecule has 1 saturated heterocycles. The molecule has 7 heteroatoms. The molecule has 0 saturated carbocycles. The van der Waals surface area contributed by atoms with Gasteiger partial charge in [0.2, 0.25) is 5.91 Å². The molecule has 0 aromatic rings. The Bertz CT molecular complexity index is 474. The lowest BCUT2D eigenvalue weighted by atomic mass is 9.87.